The summed E-state index contributed by atoms with van der Waals surface area (Å²) in [7, 11) is 0. The van der Waals surface area contributed by atoms with Crippen molar-refractivity contribution in [1.82, 2.24) is 31.9 Å². The van der Waals surface area contributed by atoms with Gasteiger partial charge in [0.15, 0.2) is 0 Å². The molecule has 0 atom stereocenters. The van der Waals surface area contributed by atoms with E-state index in [0.717, 1.165) is 11.6 Å². The Morgan fingerprint density at radius 1 is 1.23 bits per heavy atom. The molecule has 1 aromatic rings. The van der Waals surface area contributed by atoms with Crippen LogP contribution >= 0.6 is 11.8 Å². The van der Waals surface area contributed by atoms with Gasteiger partial charge in [-0.2, -0.15) is 11.1 Å². The second kappa shape index (κ2) is 4.49. The third kappa shape index (κ3) is 2.61. The van der Waals surface area contributed by atoms with E-state index in [1.54, 1.807) is 24.2 Å². The van der Waals surface area contributed by atoms with Gasteiger partial charge < -0.3 is 0 Å². The molecule has 13 heavy (non-hydrogen) atoms. The SMILES string of the molecule is c1cnc(CSC2NNNN2)nc1. The predicted molar refractivity (Wildman–Crippen MR) is 49.7 cm³/mol. The van der Waals surface area contributed by atoms with E-state index in [1.807, 2.05) is 6.07 Å². The van der Waals surface area contributed by atoms with Crippen molar-refractivity contribution in [3.8, 4) is 0 Å². The zero-order valence-corrected chi connectivity index (χ0v) is 7.64. The van der Waals surface area contributed by atoms with Crippen molar-refractivity contribution in [3.63, 3.8) is 0 Å². The topological polar surface area (TPSA) is 73.9 Å². The first-order valence-corrected chi connectivity index (χ1v) is 4.88. The minimum Gasteiger partial charge on any atom is -0.240 e. The van der Waals surface area contributed by atoms with Crippen LogP contribution in [-0.4, -0.2) is 15.5 Å². The smallest absolute Gasteiger partial charge is 0.138 e. The third-order valence-corrected chi connectivity index (χ3v) is 2.46. The summed E-state index contributed by atoms with van der Waals surface area (Å²) in [5.74, 6) is 1.61. The van der Waals surface area contributed by atoms with Gasteiger partial charge in [-0.25, -0.2) is 20.8 Å². The standard InChI is InChI=1S/C6H10N6S/c1-2-7-5(8-3-1)4-13-6-9-11-12-10-6/h1-3,6,9-12H,4H2. The summed E-state index contributed by atoms with van der Waals surface area (Å²) >= 11 is 1.66. The van der Waals surface area contributed by atoms with Crippen LogP contribution in [0.1, 0.15) is 5.82 Å². The Bertz CT molecular complexity index is 249. The molecule has 7 heteroatoms. The molecule has 2 rings (SSSR count). The highest BCUT2D eigenvalue weighted by Gasteiger charge is 2.12. The molecule has 1 aliphatic rings. The number of aromatic nitrogens is 2. The van der Waals surface area contributed by atoms with Crippen LogP contribution in [0.2, 0.25) is 0 Å². The number of nitrogens with zero attached hydrogens (tertiary/aromatic N) is 2. The second-order valence-electron chi connectivity index (χ2n) is 2.39. The zero-order chi connectivity index (χ0) is 8.93. The average Bonchev–Trinajstić information content (AvgIpc) is 2.69. The number of thioether (sulfide) groups is 1. The monoisotopic (exact) mass is 198 g/mol. The molecule has 1 saturated heterocycles. The molecule has 1 aliphatic heterocycles. The van der Waals surface area contributed by atoms with Gasteiger partial charge in [-0.15, -0.1) is 11.8 Å². The minimum atomic E-state index is 0.142. The van der Waals surface area contributed by atoms with Crippen molar-refractivity contribution in [2.45, 2.75) is 11.3 Å². The Balaban J connectivity index is 1.79. The van der Waals surface area contributed by atoms with Crippen LogP contribution in [0, 0.1) is 0 Å². The highest BCUT2D eigenvalue weighted by molar-refractivity contribution is 7.99. The summed E-state index contributed by atoms with van der Waals surface area (Å²) in [6.07, 6.45) is 3.49. The van der Waals surface area contributed by atoms with E-state index < -0.39 is 0 Å². The zero-order valence-electron chi connectivity index (χ0n) is 6.82. The van der Waals surface area contributed by atoms with Crippen molar-refractivity contribution >= 4 is 11.8 Å². The van der Waals surface area contributed by atoms with Crippen molar-refractivity contribution < 1.29 is 0 Å². The van der Waals surface area contributed by atoms with Gasteiger partial charge >= 0.3 is 0 Å². The molecule has 6 nitrogen and oxygen atoms in total. The average molecular weight is 198 g/mol. The molecule has 0 aliphatic carbocycles. The van der Waals surface area contributed by atoms with Gasteiger partial charge in [-0.1, -0.05) is 0 Å². The lowest BCUT2D eigenvalue weighted by Crippen LogP contribution is -2.33. The molecular formula is C6H10N6S. The Morgan fingerprint density at radius 2 is 1.92 bits per heavy atom. The first kappa shape index (κ1) is 8.85. The Morgan fingerprint density at radius 3 is 2.62 bits per heavy atom. The molecule has 1 fully saturated rings. The molecular weight excluding hydrogens is 188 g/mol. The van der Waals surface area contributed by atoms with Crippen molar-refractivity contribution in [2.24, 2.45) is 0 Å². The van der Waals surface area contributed by atoms with Crippen molar-refractivity contribution in [2.75, 3.05) is 0 Å². The largest absolute Gasteiger partial charge is 0.240 e. The van der Waals surface area contributed by atoms with Crippen LogP contribution in [0.5, 0.6) is 0 Å². The Hall–Kier alpha value is -0.730. The van der Waals surface area contributed by atoms with Gasteiger partial charge in [-0.3, -0.25) is 0 Å². The van der Waals surface area contributed by atoms with Crippen LogP contribution < -0.4 is 21.9 Å². The van der Waals surface area contributed by atoms with E-state index in [4.69, 9.17) is 0 Å². The lowest BCUT2D eigenvalue weighted by atomic mass is 10.6. The summed E-state index contributed by atoms with van der Waals surface area (Å²) in [6.45, 7) is 0. The Kier molecular flexibility index (Phi) is 3.06. The molecule has 2 heterocycles. The summed E-state index contributed by atoms with van der Waals surface area (Å²) in [6, 6.07) is 1.81. The normalized spacial score (nSPS) is 17.8. The van der Waals surface area contributed by atoms with Crippen LogP contribution in [0.4, 0.5) is 0 Å². The van der Waals surface area contributed by atoms with E-state index in [9.17, 15) is 0 Å². The molecule has 1 aromatic heterocycles. The molecule has 0 unspecified atom stereocenters. The molecule has 0 radical (unpaired) electrons. The summed E-state index contributed by atoms with van der Waals surface area (Å²) in [4.78, 5) is 8.22. The number of hydrazine groups is 3. The van der Waals surface area contributed by atoms with Gasteiger partial charge in [0.05, 0.1) is 5.75 Å². The van der Waals surface area contributed by atoms with Crippen molar-refractivity contribution in [1.29, 1.82) is 0 Å². The fraction of sp³-hybridized carbons (Fsp3) is 0.333. The first-order valence-electron chi connectivity index (χ1n) is 3.84. The molecule has 0 amide bonds. The maximum absolute atomic E-state index is 4.11. The lowest BCUT2D eigenvalue weighted by molar-refractivity contribution is 0.556. The van der Waals surface area contributed by atoms with Crippen LogP contribution in [0.3, 0.4) is 0 Å². The maximum Gasteiger partial charge on any atom is 0.138 e. The fourth-order valence-corrected chi connectivity index (χ4v) is 1.63. The first-order chi connectivity index (χ1) is 6.45. The molecule has 0 aromatic carbocycles. The predicted octanol–water partition coefficient (Wildman–Crippen LogP) is -0.890. The minimum absolute atomic E-state index is 0.142. The third-order valence-electron chi connectivity index (χ3n) is 1.47. The van der Waals surface area contributed by atoms with E-state index in [-0.39, 0.29) is 5.50 Å². The number of hydrogen-bond acceptors (Lipinski definition) is 7. The van der Waals surface area contributed by atoms with Gasteiger partial charge in [0.1, 0.15) is 11.3 Å². The van der Waals surface area contributed by atoms with Gasteiger partial charge in [0.2, 0.25) is 0 Å². The lowest BCUT2D eigenvalue weighted by Gasteiger charge is -2.06. The number of nitrogens with one attached hydrogen (secondary N) is 4. The quantitative estimate of drug-likeness (QED) is 0.502. The summed E-state index contributed by atoms with van der Waals surface area (Å²) < 4.78 is 0. The van der Waals surface area contributed by atoms with Gasteiger partial charge in [0, 0.05) is 12.4 Å². The van der Waals surface area contributed by atoms with E-state index >= 15 is 0 Å². The molecule has 0 spiro atoms. The van der Waals surface area contributed by atoms with E-state index in [2.05, 4.69) is 31.9 Å². The molecule has 0 bridgehead atoms. The van der Waals surface area contributed by atoms with E-state index in [0.29, 0.717) is 0 Å². The van der Waals surface area contributed by atoms with Gasteiger partial charge in [-0.05, 0) is 6.07 Å². The maximum atomic E-state index is 4.11. The van der Waals surface area contributed by atoms with Crippen LogP contribution in [0.15, 0.2) is 18.5 Å². The Labute approximate surface area is 79.8 Å². The number of hydrogen-bond donors (Lipinski definition) is 4. The highest BCUT2D eigenvalue weighted by Crippen LogP contribution is 2.10. The summed E-state index contributed by atoms with van der Waals surface area (Å²) in [5, 5.41) is 0. The van der Waals surface area contributed by atoms with Crippen molar-refractivity contribution in [3.05, 3.63) is 24.3 Å². The summed E-state index contributed by atoms with van der Waals surface area (Å²) in [5.41, 5.74) is 11.5. The molecule has 4 N–H and O–H groups in total. The van der Waals surface area contributed by atoms with E-state index in [1.165, 1.54) is 0 Å². The molecule has 70 valence electrons. The number of rotatable bonds is 3. The van der Waals surface area contributed by atoms with Crippen LogP contribution in [-0.2, 0) is 5.75 Å². The van der Waals surface area contributed by atoms with Crippen LogP contribution in [0.25, 0.3) is 0 Å². The fourth-order valence-electron chi connectivity index (χ4n) is 0.885. The second-order valence-corrected chi connectivity index (χ2v) is 3.49. The molecule has 0 saturated carbocycles. The van der Waals surface area contributed by atoms with Gasteiger partial charge in [0.25, 0.3) is 0 Å². The highest BCUT2D eigenvalue weighted by atomic mass is 32.2.